The van der Waals surface area contributed by atoms with E-state index in [9.17, 15) is 4.79 Å². The van der Waals surface area contributed by atoms with Crippen LogP contribution in [0.5, 0.6) is 0 Å². The molecule has 1 rings (SSSR count). The Morgan fingerprint density at radius 1 is 1.39 bits per heavy atom. The molecular weight excluding hydrogens is 423 g/mol. The fourth-order valence-corrected chi connectivity index (χ4v) is 2.70. The normalized spacial score (nSPS) is 11.6. The van der Waals surface area contributed by atoms with Crippen LogP contribution in [-0.2, 0) is 11.2 Å². The van der Waals surface area contributed by atoms with Crippen LogP contribution in [0.25, 0.3) is 0 Å². The van der Waals surface area contributed by atoms with Crippen LogP contribution in [0.1, 0.15) is 25.6 Å². The fraction of sp³-hybridized carbons (Fsp3) is 0.625. The average molecular weight is 452 g/mol. The third-order valence-electron chi connectivity index (χ3n) is 3.49. The number of hydrogen-bond acceptors (Lipinski definition) is 3. The van der Waals surface area contributed by atoms with E-state index in [0.29, 0.717) is 13.1 Å². The van der Waals surface area contributed by atoms with Crippen LogP contribution in [0.2, 0.25) is 0 Å². The number of aliphatic imine (C=N–C) groups is 1. The lowest BCUT2D eigenvalue weighted by Gasteiger charge is -2.28. The topological polar surface area (TPSA) is 56.7 Å². The highest BCUT2D eigenvalue weighted by Gasteiger charge is 2.27. The fourth-order valence-electron chi connectivity index (χ4n) is 2.00. The molecule has 7 heteroatoms. The molecule has 132 valence electrons. The van der Waals surface area contributed by atoms with Gasteiger partial charge in [-0.3, -0.25) is 9.79 Å². The molecule has 0 atom stereocenters. The van der Waals surface area contributed by atoms with E-state index in [4.69, 9.17) is 0 Å². The number of rotatable bonds is 7. The molecule has 0 aliphatic heterocycles. The van der Waals surface area contributed by atoms with Gasteiger partial charge in [0.2, 0.25) is 5.91 Å². The summed E-state index contributed by atoms with van der Waals surface area (Å²) in [6, 6.07) is 4.22. The number of nitrogens with one attached hydrogen (secondary N) is 2. The first-order valence-corrected chi connectivity index (χ1v) is 8.51. The van der Waals surface area contributed by atoms with Crippen LogP contribution in [0.4, 0.5) is 0 Å². The number of likely N-dealkylation sites (N-methyl/N-ethyl adjacent to an activating group) is 1. The molecular formula is C16H29IN4OS. The molecule has 1 amide bonds. The third kappa shape index (κ3) is 7.52. The largest absolute Gasteiger partial charge is 0.356 e. The minimum atomic E-state index is -0.472. The number of amides is 1. The summed E-state index contributed by atoms with van der Waals surface area (Å²) in [4.78, 5) is 19.8. The van der Waals surface area contributed by atoms with Crippen molar-refractivity contribution in [1.29, 1.82) is 0 Å². The molecule has 5 nitrogen and oxygen atoms in total. The summed E-state index contributed by atoms with van der Waals surface area (Å²) in [7, 11) is 3.78. The summed E-state index contributed by atoms with van der Waals surface area (Å²) >= 11 is 1.77. The van der Waals surface area contributed by atoms with Gasteiger partial charge in [0.05, 0.1) is 5.41 Å². The number of nitrogens with zero attached hydrogens (tertiary/aromatic N) is 2. The maximum Gasteiger partial charge on any atom is 0.227 e. The standard InChI is InChI=1S/C16H28N4OS.HI/c1-6-18-14(21)16(2,3)12-19-15(17-4)20(5)10-9-13-8-7-11-22-13;/h7-8,11H,6,9-10,12H2,1-5H3,(H,17,19)(H,18,21);1H. The molecule has 2 N–H and O–H groups in total. The van der Waals surface area contributed by atoms with Gasteiger partial charge in [-0.15, -0.1) is 35.3 Å². The van der Waals surface area contributed by atoms with Crippen LogP contribution in [0.3, 0.4) is 0 Å². The van der Waals surface area contributed by atoms with Crippen molar-refractivity contribution in [3.63, 3.8) is 0 Å². The monoisotopic (exact) mass is 452 g/mol. The van der Waals surface area contributed by atoms with Crippen molar-refractivity contribution in [2.45, 2.75) is 27.2 Å². The Balaban J connectivity index is 0.00000484. The number of halogens is 1. The summed E-state index contributed by atoms with van der Waals surface area (Å²) in [5, 5.41) is 8.26. The molecule has 1 aromatic rings. The molecule has 0 saturated heterocycles. The molecule has 0 radical (unpaired) electrons. The first kappa shape index (κ1) is 22.2. The number of hydrogen-bond donors (Lipinski definition) is 2. The Kier molecular flexibility index (Phi) is 10.5. The van der Waals surface area contributed by atoms with Gasteiger partial charge in [-0.05, 0) is 38.6 Å². The van der Waals surface area contributed by atoms with Gasteiger partial charge in [0, 0.05) is 38.6 Å². The summed E-state index contributed by atoms with van der Waals surface area (Å²) in [6.07, 6.45) is 0.995. The van der Waals surface area contributed by atoms with Gasteiger partial charge < -0.3 is 15.5 Å². The Bertz CT molecular complexity index is 488. The van der Waals surface area contributed by atoms with E-state index >= 15 is 0 Å². The molecule has 1 heterocycles. The zero-order valence-electron chi connectivity index (χ0n) is 14.7. The third-order valence-corrected chi connectivity index (χ3v) is 4.42. The minimum Gasteiger partial charge on any atom is -0.356 e. The van der Waals surface area contributed by atoms with Gasteiger partial charge in [-0.1, -0.05) is 6.07 Å². The zero-order valence-corrected chi connectivity index (χ0v) is 17.8. The number of thiophene rings is 1. The lowest BCUT2D eigenvalue weighted by atomic mass is 9.92. The summed E-state index contributed by atoms with van der Waals surface area (Å²) in [5.74, 6) is 0.869. The van der Waals surface area contributed by atoms with Crippen molar-refractivity contribution in [2.24, 2.45) is 10.4 Å². The minimum absolute atomic E-state index is 0. The number of carbonyl (C=O) groups excluding carboxylic acids is 1. The van der Waals surface area contributed by atoms with Crippen LogP contribution in [-0.4, -0.2) is 50.5 Å². The van der Waals surface area contributed by atoms with Crippen LogP contribution < -0.4 is 10.6 Å². The van der Waals surface area contributed by atoms with E-state index in [-0.39, 0.29) is 29.9 Å². The van der Waals surface area contributed by atoms with E-state index in [1.165, 1.54) is 4.88 Å². The Labute approximate surface area is 161 Å². The van der Waals surface area contributed by atoms with Gasteiger partial charge in [0.25, 0.3) is 0 Å². The summed E-state index contributed by atoms with van der Waals surface area (Å²) < 4.78 is 0. The zero-order chi connectivity index (χ0) is 16.6. The predicted octanol–water partition coefficient (Wildman–Crippen LogP) is 2.58. The second kappa shape index (κ2) is 10.9. The summed E-state index contributed by atoms with van der Waals surface area (Å²) in [6.45, 7) is 7.89. The SMILES string of the molecule is CCNC(=O)C(C)(C)CNC(=NC)N(C)CCc1cccs1.I. The highest BCUT2D eigenvalue weighted by atomic mass is 127. The van der Waals surface area contributed by atoms with E-state index in [0.717, 1.165) is 18.9 Å². The van der Waals surface area contributed by atoms with Crippen molar-refractivity contribution >= 4 is 47.2 Å². The van der Waals surface area contributed by atoms with E-state index in [1.54, 1.807) is 18.4 Å². The van der Waals surface area contributed by atoms with Gasteiger partial charge in [0.15, 0.2) is 5.96 Å². The maximum absolute atomic E-state index is 12.0. The first-order valence-electron chi connectivity index (χ1n) is 7.63. The van der Waals surface area contributed by atoms with Crippen molar-refractivity contribution in [3.05, 3.63) is 22.4 Å². The van der Waals surface area contributed by atoms with Crippen LogP contribution >= 0.6 is 35.3 Å². The average Bonchev–Trinajstić information content (AvgIpc) is 2.99. The van der Waals surface area contributed by atoms with E-state index in [1.807, 2.05) is 27.8 Å². The maximum atomic E-state index is 12.0. The van der Waals surface area contributed by atoms with Gasteiger partial charge in [-0.25, -0.2) is 0 Å². The highest BCUT2D eigenvalue weighted by Crippen LogP contribution is 2.14. The molecule has 0 spiro atoms. The van der Waals surface area contributed by atoms with E-state index < -0.39 is 5.41 Å². The van der Waals surface area contributed by atoms with Crippen LogP contribution in [0.15, 0.2) is 22.5 Å². The molecule has 0 aliphatic carbocycles. The Hall–Kier alpha value is -0.830. The van der Waals surface area contributed by atoms with E-state index in [2.05, 4.69) is 38.0 Å². The second-order valence-electron chi connectivity index (χ2n) is 5.90. The molecule has 0 aromatic carbocycles. The quantitative estimate of drug-likeness (QED) is 0.380. The molecule has 0 unspecified atom stereocenters. The smallest absolute Gasteiger partial charge is 0.227 e. The van der Waals surface area contributed by atoms with Crippen molar-refractivity contribution in [3.8, 4) is 0 Å². The van der Waals surface area contributed by atoms with Gasteiger partial charge in [-0.2, -0.15) is 0 Å². The summed E-state index contributed by atoms with van der Waals surface area (Å²) in [5.41, 5.74) is -0.472. The molecule has 23 heavy (non-hydrogen) atoms. The van der Waals surface area contributed by atoms with Crippen molar-refractivity contribution in [2.75, 3.05) is 33.7 Å². The molecule has 1 aromatic heterocycles. The Morgan fingerprint density at radius 2 is 2.09 bits per heavy atom. The Morgan fingerprint density at radius 3 is 2.61 bits per heavy atom. The lowest BCUT2D eigenvalue weighted by molar-refractivity contribution is -0.128. The second-order valence-corrected chi connectivity index (χ2v) is 6.93. The molecule has 0 saturated carbocycles. The lowest BCUT2D eigenvalue weighted by Crippen LogP contribution is -2.48. The first-order chi connectivity index (χ1) is 10.4. The number of guanidine groups is 1. The molecule has 0 fully saturated rings. The van der Waals surface area contributed by atoms with Crippen LogP contribution in [0, 0.1) is 5.41 Å². The highest BCUT2D eigenvalue weighted by molar-refractivity contribution is 14.0. The predicted molar refractivity (Wildman–Crippen MR) is 110 cm³/mol. The molecule has 0 bridgehead atoms. The molecule has 0 aliphatic rings. The van der Waals surface area contributed by atoms with Gasteiger partial charge >= 0.3 is 0 Å². The van der Waals surface area contributed by atoms with Crippen molar-refractivity contribution in [1.82, 2.24) is 15.5 Å². The van der Waals surface area contributed by atoms with Crippen molar-refractivity contribution < 1.29 is 4.79 Å². The number of carbonyl (C=O) groups is 1. The van der Waals surface area contributed by atoms with Gasteiger partial charge in [0.1, 0.15) is 0 Å².